The fourth-order valence-electron chi connectivity index (χ4n) is 3.63. The van der Waals surface area contributed by atoms with E-state index >= 15 is 0 Å². The molecule has 2 aromatic carbocycles. The Morgan fingerprint density at radius 3 is 2.47 bits per heavy atom. The minimum atomic E-state index is -4.41. The number of pyridine rings is 1. The van der Waals surface area contributed by atoms with E-state index in [-0.39, 0.29) is 28.9 Å². The van der Waals surface area contributed by atoms with Crippen molar-refractivity contribution in [1.82, 2.24) is 9.88 Å². The fraction of sp³-hybridized carbons (Fsp3) is 0.227. The van der Waals surface area contributed by atoms with Gasteiger partial charge in [0.2, 0.25) is 0 Å². The highest BCUT2D eigenvalue weighted by atomic mass is 32.2. The largest absolute Gasteiger partial charge is 0.446 e. The van der Waals surface area contributed by atoms with Crippen LogP contribution in [0.2, 0.25) is 0 Å². The summed E-state index contributed by atoms with van der Waals surface area (Å²) in [5.41, 5.74) is -1.69. The van der Waals surface area contributed by atoms with E-state index in [1.54, 1.807) is 26.2 Å². The van der Waals surface area contributed by atoms with Crippen LogP contribution < -0.4 is 10.2 Å². The number of rotatable bonds is 5. The van der Waals surface area contributed by atoms with E-state index in [9.17, 15) is 22.8 Å². The molecule has 166 valence electrons. The molecule has 6 nitrogen and oxygen atoms in total. The van der Waals surface area contributed by atoms with Crippen molar-refractivity contribution in [3.63, 3.8) is 0 Å². The predicted octanol–water partition coefficient (Wildman–Crippen LogP) is 5.25. The molecular formula is C22H19F3N4O2S. The van der Waals surface area contributed by atoms with Gasteiger partial charge < -0.3 is 10.2 Å². The topological polar surface area (TPSA) is 65.5 Å². The minimum Gasteiger partial charge on any atom is -0.388 e. The van der Waals surface area contributed by atoms with Gasteiger partial charge in [-0.25, -0.2) is 9.69 Å². The summed E-state index contributed by atoms with van der Waals surface area (Å²) in [5, 5.41) is 3.93. The molecule has 1 aliphatic rings. The van der Waals surface area contributed by atoms with E-state index in [4.69, 9.17) is 0 Å². The summed E-state index contributed by atoms with van der Waals surface area (Å²) in [5.74, 6) is -0.430. The highest BCUT2D eigenvalue weighted by molar-refractivity contribution is 8.00. The van der Waals surface area contributed by atoms with Crippen LogP contribution in [0.4, 0.5) is 29.3 Å². The molecule has 0 spiro atoms. The summed E-state index contributed by atoms with van der Waals surface area (Å²) in [4.78, 5) is 32.8. The van der Waals surface area contributed by atoms with Gasteiger partial charge in [0, 0.05) is 35.8 Å². The number of carbonyl (C=O) groups excluding carboxylic acids is 2. The van der Waals surface area contributed by atoms with E-state index in [0.717, 1.165) is 27.1 Å². The molecule has 0 saturated carbocycles. The number of thioether (sulfide) groups is 1. The van der Waals surface area contributed by atoms with Crippen LogP contribution in [0.15, 0.2) is 59.6 Å². The number of halogens is 3. The highest BCUT2D eigenvalue weighted by Gasteiger charge is 2.43. The quantitative estimate of drug-likeness (QED) is 0.416. The molecule has 1 N–H and O–H groups in total. The van der Waals surface area contributed by atoms with Gasteiger partial charge in [-0.1, -0.05) is 0 Å². The average molecular weight is 460 g/mol. The van der Waals surface area contributed by atoms with Gasteiger partial charge in [0.05, 0.1) is 11.2 Å². The summed E-state index contributed by atoms with van der Waals surface area (Å²) in [7, 11) is 1.80. The van der Waals surface area contributed by atoms with Crippen LogP contribution in [-0.4, -0.2) is 40.4 Å². The smallest absolute Gasteiger partial charge is 0.388 e. The first-order valence-corrected chi connectivity index (χ1v) is 10.6. The van der Waals surface area contributed by atoms with E-state index in [0.29, 0.717) is 0 Å². The molecule has 1 saturated heterocycles. The molecule has 1 unspecified atom stereocenters. The van der Waals surface area contributed by atoms with E-state index in [1.165, 1.54) is 29.2 Å². The Morgan fingerprint density at radius 1 is 1.09 bits per heavy atom. The van der Waals surface area contributed by atoms with Crippen molar-refractivity contribution < 1.29 is 22.8 Å². The van der Waals surface area contributed by atoms with Crippen molar-refractivity contribution in [2.24, 2.45) is 0 Å². The number of imide groups is 1. The number of fused-ring (bicyclic) bond motifs is 1. The Balaban J connectivity index is 1.61. The zero-order valence-corrected chi connectivity index (χ0v) is 18.0. The minimum absolute atomic E-state index is 0.0196. The number of nitrogens with zero attached hydrogens (tertiary/aromatic N) is 3. The molecule has 1 fully saturated rings. The van der Waals surface area contributed by atoms with Gasteiger partial charge in [-0.05, 0) is 72.8 Å². The molecule has 1 aromatic heterocycles. The number of carbonyl (C=O) groups is 2. The Morgan fingerprint density at radius 2 is 1.81 bits per heavy atom. The summed E-state index contributed by atoms with van der Waals surface area (Å²) in [6, 6.07) is 11.5. The van der Waals surface area contributed by atoms with Crippen molar-refractivity contribution in [3.8, 4) is 0 Å². The van der Waals surface area contributed by atoms with Crippen molar-refractivity contribution in [1.29, 1.82) is 0 Å². The Bertz CT molecular complexity index is 1180. The Hall–Kier alpha value is -3.27. The molecule has 10 heteroatoms. The summed E-state index contributed by atoms with van der Waals surface area (Å²) in [6.45, 7) is 1.83. The summed E-state index contributed by atoms with van der Waals surface area (Å²) < 4.78 is 37.7. The van der Waals surface area contributed by atoms with Gasteiger partial charge in [0.25, 0.3) is 5.91 Å². The molecule has 0 radical (unpaired) electrons. The number of hydrogen-bond acceptors (Lipinski definition) is 5. The lowest BCUT2D eigenvalue weighted by molar-refractivity contribution is -0.119. The van der Waals surface area contributed by atoms with Gasteiger partial charge in [-0.3, -0.25) is 9.78 Å². The number of urea groups is 1. The van der Waals surface area contributed by atoms with Gasteiger partial charge in [-0.2, -0.15) is 13.2 Å². The molecule has 1 aliphatic heterocycles. The van der Waals surface area contributed by atoms with Crippen molar-refractivity contribution >= 4 is 46.0 Å². The number of amides is 3. The lowest BCUT2D eigenvalue weighted by Crippen LogP contribution is -2.33. The molecule has 0 aliphatic carbocycles. The fourth-order valence-corrected chi connectivity index (χ4v) is 4.17. The molecule has 32 heavy (non-hydrogen) atoms. The third-order valence-corrected chi connectivity index (χ3v) is 6.01. The number of anilines is 2. The first-order valence-electron chi connectivity index (χ1n) is 9.74. The Kier molecular flexibility index (Phi) is 5.72. The third-order valence-electron chi connectivity index (χ3n) is 5.27. The number of nitrogens with one attached hydrogen (secondary N) is 1. The number of benzene rings is 2. The van der Waals surface area contributed by atoms with E-state index < -0.39 is 23.5 Å². The molecule has 4 rings (SSSR count). The van der Waals surface area contributed by atoms with Crippen LogP contribution >= 0.6 is 11.8 Å². The maximum absolute atomic E-state index is 13.1. The summed E-state index contributed by atoms with van der Waals surface area (Å²) in [6.07, 6.45) is 1.65. The third kappa shape index (κ3) is 4.22. The van der Waals surface area contributed by atoms with Gasteiger partial charge in [-0.15, -0.1) is 0 Å². The molecular weight excluding hydrogens is 441 g/mol. The van der Waals surface area contributed by atoms with Crippen LogP contribution in [-0.2, 0) is 11.3 Å². The Labute approximate surface area is 186 Å². The predicted molar refractivity (Wildman–Crippen MR) is 118 cm³/mol. The normalized spacial score (nSPS) is 16.8. The van der Waals surface area contributed by atoms with Crippen molar-refractivity contribution in [2.45, 2.75) is 29.9 Å². The number of aromatic nitrogens is 1. The maximum atomic E-state index is 13.1. The second-order valence-corrected chi connectivity index (χ2v) is 8.39. The second-order valence-electron chi connectivity index (χ2n) is 7.25. The molecule has 3 aromatic rings. The van der Waals surface area contributed by atoms with Crippen LogP contribution in [0.25, 0.3) is 10.9 Å². The monoisotopic (exact) mass is 460 g/mol. The van der Waals surface area contributed by atoms with Crippen LogP contribution in [0.3, 0.4) is 0 Å². The highest BCUT2D eigenvalue weighted by Crippen LogP contribution is 2.38. The first kappa shape index (κ1) is 21.9. The first-order chi connectivity index (χ1) is 15.2. The van der Waals surface area contributed by atoms with E-state index in [2.05, 4.69) is 10.3 Å². The van der Waals surface area contributed by atoms with Crippen molar-refractivity contribution in [3.05, 3.63) is 60.3 Å². The van der Waals surface area contributed by atoms with E-state index in [1.807, 2.05) is 18.2 Å². The molecule has 3 amide bonds. The lowest BCUT2D eigenvalue weighted by Gasteiger charge is -2.20. The molecule has 2 heterocycles. The maximum Gasteiger partial charge on any atom is 0.446 e. The van der Waals surface area contributed by atoms with Crippen LogP contribution in [0.5, 0.6) is 0 Å². The lowest BCUT2D eigenvalue weighted by atomic mass is 10.1. The van der Waals surface area contributed by atoms with Crippen LogP contribution in [0, 0.1) is 0 Å². The molecule has 0 bridgehead atoms. The van der Waals surface area contributed by atoms with Crippen molar-refractivity contribution in [2.75, 3.05) is 17.3 Å². The zero-order valence-electron chi connectivity index (χ0n) is 17.2. The van der Waals surface area contributed by atoms with Crippen LogP contribution in [0.1, 0.15) is 12.5 Å². The standard InChI is InChI=1S/C22H19F3N4O2S/c1-13-20(30)29(16-4-6-17(7-5-16)32-22(23,24)25)21(31)28(13)12-14-9-10-27-19-8-3-15(26-2)11-18(14)19/h3-11,13,26H,12H2,1-2H3. The van der Waals surface area contributed by atoms with Gasteiger partial charge in [0.15, 0.2) is 0 Å². The number of alkyl halides is 3. The SMILES string of the molecule is CNc1ccc2nccc(CN3C(=O)N(c4ccc(SC(F)(F)F)cc4)C(=O)C3C)c2c1. The van der Waals surface area contributed by atoms with Gasteiger partial charge in [0.1, 0.15) is 6.04 Å². The summed E-state index contributed by atoms with van der Waals surface area (Å²) >= 11 is -0.249. The average Bonchev–Trinajstić information content (AvgIpc) is 2.96. The zero-order chi connectivity index (χ0) is 23.0. The number of hydrogen-bond donors (Lipinski definition) is 1. The molecule has 1 atom stereocenters. The second kappa shape index (κ2) is 8.34. The van der Waals surface area contributed by atoms with Gasteiger partial charge >= 0.3 is 11.5 Å².